The summed E-state index contributed by atoms with van der Waals surface area (Å²) in [5, 5.41) is 4.44. The van der Waals surface area contributed by atoms with Gasteiger partial charge in [-0.1, -0.05) is 6.92 Å². The Balaban J connectivity index is 1.77. The number of methoxy groups -OCH3 is 1. The Bertz CT molecular complexity index is 695. The molecule has 0 radical (unpaired) electrons. The average Bonchev–Trinajstić information content (AvgIpc) is 3.11. The summed E-state index contributed by atoms with van der Waals surface area (Å²) < 4.78 is 6.86. The highest BCUT2D eigenvalue weighted by molar-refractivity contribution is 5.92. The molecule has 6 heteroatoms. The number of ether oxygens (including phenoxy) is 1. The predicted molar refractivity (Wildman–Crippen MR) is 92.4 cm³/mol. The zero-order valence-corrected chi connectivity index (χ0v) is 14.2. The maximum Gasteiger partial charge on any atom is 0.274 e. The van der Waals surface area contributed by atoms with Crippen LogP contribution in [0.3, 0.4) is 0 Å². The van der Waals surface area contributed by atoms with Crippen molar-refractivity contribution in [2.24, 2.45) is 11.7 Å². The smallest absolute Gasteiger partial charge is 0.274 e. The van der Waals surface area contributed by atoms with Crippen molar-refractivity contribution in [1.29, 1.82) is 0 Å². The van der Waals surface area contributed by atoms with Gasteiger partial charge >= 0.3 is 0 Å². The predicted octanol–water partition coefficient (Wildman–Crippen LogP) is 2.08. The molecule has 0 aliphatic carbocycles. The van der Waals surface area contributed by atoms with Crippen molar-refractivity contribution in [1.82, 2.24) is 14.7 Å². The molecular weight excluding hydrogens is 304 g/mol. The summed E-state index contributed by atoms with van der Waals surface area (Å²) in [6.07, 6.45) is 3.78. The molecule has 0 spiro atoms. The van der Waals surface area contributed by atoms with Gasteiger partial charge in [0.1, 0.15) is 5.75 Å². The van der Waals surface area contributed by atoms with Crippen LogP contribution in [0.5, 0.6) is 5.75 Å². The summed E-state index contributed by atoms with van der Waals surface area (Å²) in [4.78, 5) is 14.7. The minimum Gasteiger partial charge on any atom is -0.497 e. The first kappa shape index (κ1) is 16.5. The summed E-state index contributed by atoms with van der Waals surface area (Å²) in [5.74, 6) is 1.36. The Morgan fingerprint density at radius 3 is 2.75 bits per heavy atom. The minimum atomic E-state index is -0.0374. The molecule has 6 nitrogen and oxygen atoms in total. The van der Waals surface area contributed by atoms with Gasteiger partial charge in [-0.2, -0.15) is 5.10 Å². The number of amides is 1. The monoisotopic (exact) mass is 328 g/mol. The van der Waals surface area contributed by atoms with Gasteiger partial charge in [0.25, 0.3) is 5.91 Å². The van der Waals surface area contributed by atoms with Gasteiger partial charge < -0.3 is 15.4 Å². The van der Waals surface area contributed by atoms with Crippen molar-refractivity contribution in [3.05, 3.63) is 42.2 Å². The molecule has 0 bridgehead atoms. The molecule has 1 saturated heterocycles. The van der Waals surface area contributed by atoms with Gasteiger partial charge in [0.15, 0.2) is 5.69 Å². The highest BCUT2D eigenvalue weighted by Crippen LogP contribution is 2.23. The van der Waals surface area contributed by atoms with Crippen molar-refractivity contribution in [3.63, 3.8) is 0 Å². The molecule has 2 atom stereocenters. The molecule has 2 aromatic rings. The summed E-state index contributed by atoms with van der Waals surface area (Å²) in [7, 11) is 1.63. The summed E-state index contributed by atoms with van der Waals surface area (Å²) >= 11 is 0. The molecule has 1 aliphatic rings. The van der Waals surface area contributed by atoms with Gasteiger partial charge in [-0.25, -0.2) is 4.68 Å². The van der Waals surface area contributed by atoms with Gasteiger partial charge in [0.05, 0.1) is 12.8 Å². The van der Waals surface area contributed by atoms with E-state index in [4.69, 9.17) is 10.5 Å². The molecule has 2 N–H and O–H groups in total. The van der Waals surface area contributed by atoms with Gasteiger partial charge in [0, 0.05) is 25.3 Å². The fourth-order valence-electron chi connectivity index (χ4n) is 3.21. The van der Waals surface area contributed by atoms with E-state index in [1.54, 1.807) is 24.1 Å². The van der Waals surface area contributed by atoms with E-state index < -0.39 is 0 Å². The second-order valence-corrected chi connectivity index (χ2v) is 6.36. The van der Waals surface area contributed by atoms with Crippen molar-refractivity contribution < 1.29 is 9.53 Å². The van der Waals surface area contributed by atoms with Crippen LogP contribution in [0.25, 0.3) is 5.69 Å². The standard InChI is InChI=1S/C18H24N4O2/c1-13-7-9-21(15(11-13)12-19)18(23)17-8-10-22(20-17)14-3-5-16(24-2)6-4-14/h3-6,8,10,13,15H,7,9,11-12,19H2,1-2H3. The molecule has 3 rings (SSSR count). The number of carbonyl (C=O) groups is 1. The molecule has 1 fully saturated rings. The number of piperidine rings is 1. The largest absolute Gasteiger partial charge is 0.497 e. The second kappa shape index (κ2) is 7.05. The van der Waals surface area contributed by atoms with Gasteiger partial charge in [-0.3, -0.25) is 4.79 Å². The molecular formula is C18H24N4O2. The van der Waals surface area contributed by atoms with Crippen LogP contribution in [0.15, 0.2) is 36.5 Å². The van der Waals surface area contributed by atoms with Crippen LogP contribution in [-0.4, -0.2) is 46.8 Å². The van der Waals surface area contributed by atoms with Crippen molar-refractivity contribution >= 4 is 5.91 Å². The number of likely N-dealkylation sites (tertiary alicyclic amines) is 1. The Kier molecular flexibility index (Phi) is 4.85. The first-order valence-corrected chi connectivity index (χ1v) is 8.33. The van der Waals surface area contributed by atoms with E-state index in [-0.39, 0.29) is 11.9 Å². The van der Waals surface area contributed by atoms with E-state index in [9.17, 15) is 4.79 Å². The molecule has 128 valence electrons. The number of hydrogen-bond donors (Lipinski definition) is 1. The van der Waals surface area contributed by atoms with E-state index in [0.29, 0.717) is 18.2 Å². The van der Waals surface area contributed by atoms with Crippen LogP contribution in [0.2, 0.25) is 0 Å². The van der Waals surface area contributed by atoms with E-state index >= 15 is 0 Å². The van der Waals surface area contributed by atoms with Crippen molar-refractivity contribution in [2.45, 2.75) is 25.8 Å². The summed E-state index contributed by atoms with van der Waals surface area (Å²) in [6.45, 7) is 3.45. The topological polar surface area (TPSA) is 73.4 Å². The third-order valence-corrected chi connectivity index (χ3v) is 4.66. The number of aromatic nitrogens is 2. The zero-order valence-electron chi connectivity index (χ0n) is 14.2. The van der Waals surface area contributed by atoms with Crippen LogP contribution >= 0.6 is 0 Å². The fourth-order valence-corrected chi connectivity index (χ4v) is 3.21. The van der Waals surface area contributed by atoms with Gasteiger partial charge in [-0.05, 0) is 49.1 Å². The molecule has 1 aliphatic heterocycles. The van der Waals surface area contributed by atoms with Crippen LogP contribution in [-0.2, 0) is 0 Å². The number of rotatable bonds is 4. The first-order chi connectivity index (χ1) is 11.6. The lowest BCUT2D eigenvalue weighted by molar-refractivity contribution is 0.0567. The Morgan fingerprint density at radius 1 is 1.33 bits per heavy atom. The van der Waals surface area contributed by atoms with E-state index in [0.717, 1.165) is 30.8 Å². The number of nitrogens with two attached hydrogens (primary N) is 1. The van der Waals surface area contributed by atoms with E-state index in [1.165, 1.54) is 0 Å². The third kappa shape index (κ3) is 3.28. The van der Waals surface area contributed by atoms with Crippen molar-refractivity contribution in [3.8, 4) is 11.4 Å². The minimum absolute atomic E-state index is 0.0374. The molecule has 0 saturated carbocycles. The Morgan fingerprint density at radius 2 is 2.08 bits per heavy atom. The quantitative estimate of drug-likeness (QED) is 0.932. The first-order valence-electron chi connectivity index (χ1n) is 8.33. The SMILES string of the molecule is COc1ccc(-n2ccc(C(=O)N3CCC(C)CC3CN)n2)cc1. The molecule has 24 heavy (non-hydrogen) atoms. The summed E-state index contributed by atoms with van der Waals surface area (Å²) in [6, 6.07) is 9.42. The number of benzene rings is 1. The fraction of sp³-hybridized carbons (Fsp3) is 0.444. The van der Waals surface area contributed by atoms with E-state index in [2.05, 4.69) is 12.0 Å². The Hall–Kier alpha value is -2.34. The molecule has 1 amide bonds. The zero-order chi connectivity index (χ0) is 17.1. The second-order valence-electron chi connectivity index (χ2n) is 6.36. The number of nitrogens with zero attached hydrogens (tertiary/aromatic N) is 3. The van der Waals surface area contributed by atoms with Crippen LogP contribution in [0.4, 0.5) is 0 Å². The number of carbonyl (C=O) groups excluding carboxylic acids is 1. The van der Waals surface area contributed by atoms with Gasteiger partial charge in [-0.15, -0.1) is 0 Å². The third-order valence-electron chi connectivity index (χ3n) is 4.66. The molecule has 2 heterocycles. The van der Waals surface area contributed by atoms with Crippen LogP contribution in [0, 0.1) is 5.92 Å². The average molecular weight is 328 g/mol. The summed E-state index contributed by atoms with van der Waals surface area (Å²) in [5.41, 5.74) is 7.21. The molecule has 1 aromatic heterocycles. The van der Waals surface area contributed by atoms with Gasteiger partial charge in [0.2, 0.25) is 0 Å². The van der Waals surface area contributed by atoms with Crippen molar-refractivity contribution in [2.75, 3.05) is 20.2 Å². The van der Waals surface area contributed by atoms with E-state index in [1.807, 2.05) is 29.2 Å². The highest BCUT2D eigenvalue weighted by Gasteiger charge is 2.30. The lowest BCUT2D eigenvalue weighted by atomic mass is 9.92. The normalized spacial score (nSPS) is 20.9. The van der Waals surface area contributed by atoms with Crippen LogP contribution in [0.1, 0.15) is 30.3 Å². The lowest BCUT2D eigenvalue weighted by Crippen LogP contribution is -2.49. The maximum absolute atomic E-state index is 12.8. The molecule has 1 aromatic carbocycles. The van der Waals surface area contributed by atoms with Crippen LogP contribution < -0.4 is 10.5 Å². The lowest BCUT2D eigenvalue weighted by Gasteiger charge is -2.37. The highest BCUT2D eigenvalue weighted by atomic mass is 16.5. The number of hydrogen-bond acceptors (Lipinski definition) is 4. The Labute approximate surface area is 142 Å². The molecule has 2 unspecified atom stereocenters. The maximum atomic E-state index is 12.8.